The molecule has 0 fully saturated rings. The third-order valence-corrected chi connectivity index (χ3v) is 5.28. The Morgan fingerprint density at radius 3 is 2.53 bits per heavy atom. The van der Waals surface area contributed by atoms with Crippen molar-refractivity contribution in [1.82, 2.24) is 29.9 Å². The van der Waals surface area contributed by atoms with E-state index in [4.69, 9.17) is 4.74 Å². The van der Waals surface area contributed by atoms with Gasteiger partial charge in [-0.05, 0) is 51.1 Å². The lowest BCUT2D eigenvalue weighted by Gasteiger charge is -2.09. The molecule has 4 aromatic rings. The zero-order valence-corrected chi connectivity index (χ0v) is 17.7. The van der Waals surface area contributed by atoms with Crippen LogP contribution in [0.15, 0.2) is 36.5 Å². The van der Waals surface area contributed by atoms with Crippen LogP contribution in [-0.2, 0) is 13.6 Å². The Bertz CT molecular complexity index is 1240. The molecular formula is C22H24N6O2. The highest BCUT2D eigenvalue weighted by atomic mass is 16.5. The minimum Gasteiger partial charge on any atom is -0.497 e. The molecule has 1 aromatic carbocycles. The molecule has 0 aliphatic rings. The van der Waals surface area contributed by atoms with E-state index in [9.17, 15) is 4.79 Å². The average Bonchev–Trinajstić information content (AvgIpc) is 3.25. The summed E-state index contributed by atoms with van der Waals surface area (Å²) in [6, 6.07) is 9.38. The molecule has 8 heteroatoms. The summed E-state index contributed by atoms with van der Waals surface area (Å²) in [5.74, 6) is 0.605. The maximum absolute atomic E-state index is 13.1. The van der Waals surface area contributed by atoms with Gasteiger partial charge in [-0.2, -0.15) is 10.2 Å². The standard InChI is InChI=1S/C22H24N6O2/c1-13-10-19(22(29)23-11-16-12-24-27(4)15(16)3)20-14(2)26-28(21(20)25-13)17-6-8-18(30-5)9-7-17/h6-10,12H,11H2,1-5H3,(H,23,29). The fraction of sp³-hybridized carbons (Fsp3) is 0.273. The highest BCUT2D eigenvalue weighted by molar-refractivity contribution is 6.06. The second-order valence-electron chi connectivity index (χ2n) is 7.27. The maximum Gasteiger partial charge on any atom is 0.252 e. The van der Waals surface area contributed by atoms with Crippen molar-refractivity contribution in [2.45, 2.75) is 27.3 Å². The van der Waals surface area contributed by atoms with Crippen LogP contribution in [0.4, 0.5) is 0 Å². The normalized spacial score (nSPS) is 11.1. The Labute approximate surface area is 174 Å². The van der Waals surface area contributed by atoms with Gasteiger partial charge in [0.2, 0.25) is 0 Å². The number of ether oxygens (including phenoxy) is 1. The third-order valence-electron chi connectivity index (χ3n) is 5.28. The minimum absolute atomic E-state index is 0.161. The number of amides is 1. The number of methoxy groups -OCH3 is 1. The fourth-order valence-electron chi connectivity index (χ4n) is 3.49. The largest absolute Gasteiger partial charge is 0.497 e. The molecule has 1 amide bonds. The van der Waals surface area contributed by atoms with Crippen LogP contribution in [0.5, 0.6) is 5.75 Å². The van der Waals surface area contributed by atoms with E-state index in [-0.39, 0.29) is 5.91 Å². The van der Waals surface area contributed by atoms with Crippen molar-refractivity contribution in [3.63, 3.8) is 0 Å². The van der Waals surface area contributed by atoms with E-state index in [2.05, 4.69) is 20.5 Å². The molecule has 0 radical (unpaired) electrons. The smallest absolute Gasteiger partial charge is 0.252 e. The first-order valence-electron chi connectivity index (χ1n) is 9.66. The first-order chi connectivity index (χ1) is 14.4. The van der Waals surface area contributed by atoms with Crippen molar-refractivity contribution < 1.29 is 9.53 Å². The minimum atomic E-state index is -0.161. The van der Waals surface area contributed by atoms with Crippen LogP contribution >= 0.6 is 0 Å². The molecule has 0 bridgehead atoms. The zero-order chi connectivity index (χ0) is 21.4. The number of carbonyl (C=O) groups excluding carboxylic acids is 1. The first-order valence-corrected chi connectivity index (χ1v) is 9.66. The highest BCUT2D eigenvalue weighted by Gasteiger charge is 2.20. The van der Waals surface area contributed by atoms with E-state index in [0.29, 0.717) is 17.8 Å². The number of fused-ring (bicyclic) bond motifs is 1. The molecule has 3 aromatic heterocycles. The Morgan fingerprint density at radius 1 is 1.17 bits per heavy atom. The Morgan fingerprint density at radius 2 is 1.90 bits per heavy atom. The number of pyridine rings is 1. The van der Waals surface area contributed by atoms with Crippen LogP contribution < -0.4 is 10.1 Å². The number of carbonyl (C=O) groups is 1. The second-order valence-corrected chi connectivity index (χ2v) is 7.27. The first kappa shape index (κ1) is 19.6. The van der Waals surface area contributed by atoms with Crippen molar-refractivity contribution >= 4 is 16.9 Å². The van der Waals surface area contributed by atoms with Crippen LogP contribution in [0.3, 0.4) is 0 Å². The van der Waals surface area contributed by atoms with E-state index in [1.165, 1.54) is 0 Å². The number of hydrogen-bond acceptors (Lipinski definition) is 5. The quantitative estimate of drug-likeness (QED) is 0.553. The summed E-state index contributed by atoms with van der Waals surface area (Å²) >= 11 is 0. The number of hydrogen-bond donors (Lipinski definition) is 1. The van der Waals surface area contributed by atoms with Gasteiger partial charge in [-0.1, -0.05) is 0 Å². The van der Waals surface area contributed by atoms with Crippen molar-refractivity contribution in [3.8, 4) is 11.4 Å². The maximum atomic E-state index is 13.1. The van der Waals surface area contributed by atoms with Crippen molar-refractivity contribution in [2.75, 3.05) is 7.11 Å². The summed E-state index contributed by atoms with van der Waals surface area (Å²) in [6.07, 6.45) is 1.77. The SMILES string of the molecule is COc1ccc(-n2nc(C)c3c(C(=O)NCc4cnn(C)c4C)cc(C)nc32)cc1. The van der Waals surface area contributed by atoms with Crippen LogP contribution in [0.1, 0.15) is 33.0 Å². The number of benzene rings is 1. The number of rotatable bonds is 5. The van der Waals surface area contributed by atoms with Gasteiger partial charge in [0.15, 0.2) is 5.65 Å². The van der Waals surface area contributed by atoms with Crippen LogP contribution in [0.25, 0.3) is 16.7 Å². The van der Waals surface area contributed by atoms with E-state index < -0.39 is 0 Å². The van der Waals surface area contributed by atoms with Crippen LogP contribution in [0, 0.1) is 20.8 Å². The van der Waals surface area contributed by atoms with E-state index >= 15 is 0 Å². The van der Waals surface area contributed by atoms with E-state index in [1.54, 1.807) is 28.7 Å². The molecule has 0 saturated heterocycles. The third kappa shape index (κ3) is 3.41. The molecule has 0 saturated carbocycles. The van der Waals surface area contributed by atoms with Crippen molar-refractivity contribution in [3.05, 3.63) is 64.7 Å². The van der Waals surface area contributed by atoms with Crippen molar-refractivity contribution in [2.24, 2.45) is 7.05 Å². The summed E-state index contributed by atoms with van der Waals surface area (Å²) < 4.78 is 8.79. The summed E-state index contributed by atoms with van der Waals surface area (Å²) in [6.45, 7) is 6.16. The molecule has 0 atom stereocenters. The van der Waals surface area contributed by atoms with E-state index in [1.807, 2.05) is 52.1 Å². The Hall–Kier alpha value is -3.68. The number of aromatic nitrogens is 5. The molecule has 1 N–H and O–H groups in total. The van der Waals surface area contributed by atoms with Gasteiger partial charge in [-0.25, -0.2) is 9.67 Å². The molecule has 0 aliphatic heterocycles. The number of nitrogens with zero attached hydrogens (tertiary/aromatic N) is 5. The Balaban J connectivity index is 1.72. The molecule has 0 spiro atoms. The second kappa shape index (κ2) is 7.62. The van der Waals surface area contributed by atoms with Gasteiger partial charge >= 0.3 is 0 Å². The predicted octanol–water partition coefficient (Wildman–Crippen LogP) is 3.02. The van der Waals surface area contributed by atoms with E-state index in [0.717, 1.165) is 39.5 Å². The van der Waals surface area contributed by atoms with Gasteiger partial charge < -0.3 is 10.1 Å². The highest BCUT2D eigenvalue weighted by Crippen LogP contribution is 2.26. The number of aryl methyl sites for hydroxylation is 3. The molecule has 8 nitrogen and oxygen atoms in total. The molecule has 30 heavy (non-hydrogen) atoms. The van der Waals surface area contributed by atoms with Gasteiger partial charge in [0.1, 0.15) is 5.75 Å². The van der Waals surface area contributed by atoms with Gasteiger partial charge in [0.25, 0.3) is 5.91 Å². The predicted molar refractivity (Wildman–Crippen MR) is 114 cm³/mol. The molecule has 0 aliphatic carbocycles. The topological polar surface area (TPSA) is 86.9 Å². The Kier molecular flexibility index (Phi) is 4.99. The van der Waals surface area contributed by atoms with Gasteiger partial charge in [-0.3, -0.25) is 9.48 Å². The van der Waals surface area contributed by atoms with Crippen LogP contribution in [0.2, 0.25) is 0 Å². The fourth-order valence-corrected chi connectivity index (χ4v) is 3.49. The van der Waals surface area contributed by atoms with Gasteiger partial charge in [0, 0.05) is 30.5 Å². The lowest BCUT2D eigenvalue weighted by atomic mass is 10.1. The summed E-state index contributed by atoms with van der Waals surface area (Å²) in [5.41, 5.74) is 5.57. The summed E-state index contributed by atoms with van der Waals surface area (Å²) in [7, 11) is 3.51. The molecule has 4 rings (SSSR count). The average molecular weight is 404 g/mol. The summed E-state index contributed by atoms with van der Waals surface area (Å²) in [4.78, 5) is 17.7. The molecule has 0 unspecified atom stereocenters. The summed E-state index contributed by atoms with van der Waals surface area (Å²) in [5, 5.41) is 12.6. The monoisotopic (exact) mass is 404 g/mol. The van der Waals surface area contributed by atoms with Crippen LogP contribution in [-0.4, -0.2) is 37.6 Å². The van der Waals surface area contributed by atoms with Gasteiger partial charge in [0.05, 0.1) is 35.6 Å². The number of nitrogens with one attached hydrogen (secondary N) is 1. The lowest BCUT2D eigenvalue weighted by molar-refractivity contribution is 0.0952. The van der Waals surface area contributed by atoms with Crippen molar-refractivity contribution in [1.29, 1.82) is 0 Å². The zero-order valence-electron chi connectivity index (χ0n) is 17.7. The molecule has 3 heterocycles. The molecule has 154 valence electrons. The van der Waals surface area contributed by atoms with Gasteiger partial charge in [-0.15, -0.1) is 0 Å². The molecular weight excluding hydrogens is 380 g/mol. The lowest BCUT2D eigenvalue weighted by Crippen LogP contribution is -2.23.